The first-order valence-electron chi connectivity index (χ1n) is 5.95. The first-order chi connectivity index (χ1) is 8.16. The summed E-state index contributed by atoms with van der Waals surface area (Å²) in [5, 5.41) is 6.37. The van der Waals surface area contributed by atoms with Gasteiger partial charge in [0.15, 0.2) is 0 Å². The molecule has 1 heterocycles. The van der Waals surface area contributed by atoms with Crippen molar-refractivity contribution in [3.05, 3.63) is 28.2 Å². The summed E-state index contributed by atoms with van der Waals surface area (Å²) in [4.78, 5) is 11.5. The van der Waals surface area contributed by atoms with Crippen LogP contribution >= 0.6 is 15.9 Å². The Hall–Kier alpha value is -1.03. The van der Waals surface area contributed by atoms with Gasteiger partial charge in [0.2, 0.25) is 5.91 Å². The first-order valence-corrected chi connectivity index (χ1v) is 6.74. The molecule has 17 heavy (non-hydrogen) atoms. The number of hydrogen-bond donors (Lipinski definition) is 2. The zero-order valence-corrected chi connectivity index (χ0v) is 11.5. The Kier molecular flexibility index (Phi) is 4.05. The van der Waals surface area contributed by atoms with Crippen LogP contribution in [0.2, 0.25) is 0 Å². The van der Waals surface area contributed by atoms with Gasteiger partial charge in [0.25, 0.3) is 0 Å². The lowest BCUT2D eigenvalue weighted by Gasteiger charge is -2.18. The van der Waals surface area contributed by atoms with Gasteiger partial charge in [0.1, 0.15) is 0 Å². The van der Waals surface area contributed by atoms with E-state index in [9.17, 15) is 4.79 Å². The van der Waals surface area contributed by atoms with Crippen LogP contribution in [-0.2, 0) is 4.79 Å². The lowest BCUT2D eigenvalue weighted by molar-refractivity contribution is -0.120. The van der Waals surface area contributed by atoms with E-state index in [2.05, 4.69) is 39.6 Å². The zero-order valence-electron chi connectivity index (χ0n) is 9.92. The van der Waals surface area contributed by atoms with Crippen LogP contribution in [0.15, 0.2) is 22.7 Å². The van der Waals surface area contributed by atoms with Crippen molar-refractivity contribution < 1.29 is 4.79 Å². The number of rotatable bonds is 2. The fourth-order valence-electron chi connectivity index (χ4n) is 2.08. The minimum absolute atomic E-state index is 0.146. The highest BCUT2D eigenvalue weighted by Gasteiger charge is 2.17. The van der Waals surface area contributed by atoms with E-state index in [0.29, 0.717) is 6.42 Å². The van der Waals surface area contributed by atoms with Gasteiger partial charge >= 0.3 is 0 Å². The van der Waals surface area contributed by atoms with Crippen molar-refractivity contribution in [1.82, 2.24) is 5.32 Å². The minimum atomic E-state index is 0.146. The first kappa shape index (κ1) is 12.4. The van der Waals surface area contributed by atoms with Gasteiger partial charge in [-0.15, -0.1) is 0 Å². The second-order valence-electron chi connectivity index (χ2n) is 4.45. The summed E-state index contributed by atoms with van der Waals surface area (Å²) in [6.07, 6.45) is 2.63. The van der Waals surface area contributed by atoms with Crippen molar-refractivity contribution >= 4 is 27.5 Å². The molecule has 1 unspecified atom stereocenters. The molecule has 1 saturated heterocycles. The van der Waals surface area contributed by atoms with Gasteiger partial charge < -0.3 is 10.6 Å². The van der Waals surface area contributed by atoms with E-state index in [1.54, 1.807) is 0 Å². The van der Waals surface area contributed by atoms with Gasteiger partial charge in [0, 0.05) is 29.2 Å². The zero-order chi connectivity index (χ0) is 12.3. The Morgan fingerprint density at radius 1 is 1.47 bits per heavy atom. The number of hydrogen-bond acceptors (Lipinski definition) is 2. The van der Waals surface area contributed by atoms with E-state index in [0.717, 1.165) is 29.5 Å². The van der Waals surface area contributed by atoms with Gasteiger partial charge in [-0.2, -0.15) is 0 Å². The van der Waals surface area contributed by atoms with Crippen LogP contribution in [0.5, 0.6) is 0 Å². The van der Waals surface area contributed by atoms with Crippen LogP contribution in [0.25, 0.3) is 0 Å². The van der Waals surface area contributed by atoms with E-state index >= 15 is 0 Å². The topological polar surface area (TPSA) is 41.1 Å². The summed E-state index contributed by atoms with van der Waals surface area (Å²) in [6, 6.07) is 6.34. The number of carbonyl (C=O) groups excluding carboxylic acids is 1. The SMILES string of the molecule is Cc1c(Br)cccc1NC1CCCNC(=O)C1. The molecular formula is C13H17BrN2O. The highest BCUT2D eigenvalue weighted by atomic mass is 79.9. The molecule has 1 atom stereocenters. The lowest BCUT2D eigenvalue weighted by Crippen LogP contribution is -2.27. The molecule has 0 aliphatic carbocycles. The van der Waals surface area contributed by atoms with Crippen molar-refractivity contribution in [2.75, 3.05) is 11.9 Å². The maximum absolute atomic E-state index is 11.5. The Bertz CT molecular complexity index is 420. The fraction of sp³-hybridized carbons (Fsp3) is 0.462. The van der Waals surface area contributed by atoms with Crippen LogP contribution in [0.3, 0.4) is 0 Å². The van der Waals surface area contributed by atoms with E-state index < -0.39 is 0 Å². The molecule has 1 aromatic carbocycles. The highest BCUT2D eigenvalue weighted by Crippen LogP contribution is 2.25. The minimum Gasteiger partial charge on any atom is -0.382 e. The van der Waals surface area contributed by atoms with E-state index in [1.165, 1.54) is 5.56 Å². The predicted octanol–water partition coefficient (Wildman–Crippen LogP) is 2.84. The Balaban J connectivity index is 2.09. The second-order valence-corrected chi connectivity index (χ2v) is 5.30. The molecule has 2 rings (SSSR count). The molecule has 0 bridgehead atoms. The predicted molar refractivity (Wildman–Crippen MR) is 73.2 cm³/mol. The van der Waals surface area contributed by atoms with E-state index in [4.69, 9.17) is 0 Å². The molecule has 1 aliphatic rings. The molecule has 1 amide bonds. The molecule has 0 saturated carbocycles. The van der Waals surface area contributed by atoms with Gasteiger partial charge in [-0.3, -0.25) is 4.79 Å². The third-order valence-corrected chi connectivity index (χ3v) is 3.97. The maximum atomic E-state index is 11.5. The smallest absolute Gasteiger partial charge is 0.222 e. The molecule has 0 aromatic heterocycles. The lowest BCUT2D eigenvalue weighted by atomic mass is 10.1. The van der Waals surface area contributed by atoms with Gasteiger partial charge in [-0.1, -0.05) is 22.0 Å². The molecule has 3 nitrogen and oxygen atoms in total. The summed E-state index contributed by atoms with van der Waals surface area (Å²) in [5.41, 5.74) is 2.30. The summed E-state index contributed by atoms with van der Waals surface area (Å²) >= 11 is 3.52. The average Bonchev–Trinajstić information content (AvgIpc) is 2.49. The van der Waals surface area contributed by atoms with Crippen LogP contribution < -0.4 is 10.6 Å². The number of carbonyl (C=O) groups is 1. The standard InChI is InChI=1S/C13H17BrN2O/c1-9-11(14)5-2-6-12(9)16-10-4-3-7-15-13(17)8-10/h2,5-6,10,16H,3-4,7-8H2,1H3,(H,15,17). The quantitative estimate of drug-likeness (QED) is 0.881. The van der Waals surface area contributed by atoms with Crippen molar-refractivity contribution in [2.45, 2.75) is 32.2 Å². The van der Waals surface area contributed by atoms with Gasteiger partial charge in [0.05, 0.1) is 0 Å². The Morgan fingerprint density at radius 2 is 2.29 bits per heavy atom. The summed E-state index contributed by atoms with van der Waals surface area (Å²) in [5.74, 6) is 0.146. The molecule has 92 valence electrons. The van der Waals surface area contributed by atoms with E-state index in [-0.39, 0.29) is 11.9 Å². The summed E-state index contributed by atoms with van der Waals surface area (Å²) < 4.78 is 1.10. The van der Waals surface area contributed by atoms with Crippen LogP contribution in [-0.4, -0.2) is 18.5 Å². The number of benzene rings is 1. The van der Waals surface area contributed by atoms with Crippen molar-refractivity contribution in [2.24, 2.45) is 0 Å². The largest absolute Gasteiger partial charge is 0.382 e. The molecule has 0 spiro atoms. The number of nitrogens with one attached hydrogen (secondary N) is 2. The molecule has 2 N–H and O–H groups in total. The average molecular weight is 297 g/mol. The molecular weight excluding hydrogens is 280 g/mol. The fourth-order valence-corrected chi connectivity index (χ4v) is 2.45. The molecule has 1 aromatic rings. The van der Waals surface area contributed by atoms with Crippen molar-refractivity contribution in [3.63, 3.8) is 0 Å². The third kappa shape index (κ3) is 3.22. The van der Waals surface area contributed by atoms with E-state index in [1.807, 2.05) is 12.1 Å². The third-order valence-electron chi connectivity index (χ3n) is 3.11. The summed E-state index contributed by atoms with van der Waals surface area (Å²) in [6.45, 7) is 2.87. The molecule has 1 aliphatic heterocycles. The van der Waals surface area contributed by atoms with Crippen molar-refractivity contribution in [1.29, 1.82) is 0 Å². The second kappa shape index (κ2) is 5.54. The molecule has 1 fully saturated rings. The maximum Gasteiger partial charge on any atom is 0.222 e. The summed E-state index contributed by atoms with van der Waals surface area (Å²) in [7, 11) is 0. The highest BCUT2D eigenvalue weighted by molar-refractivity contribution is 9.10. The number of amides is 1. The van der Waals surface area contributed by atoms with Gasteiger partial charge in [-0.05, 0) is 37.5 Å². The molecule has 4 heteroatoms. The van der Waals surface area contributed by atoms with Crippen LogP contribution in [0, 0.1) is 6.92 Å². The Labute approximate surface area is 110 Å². The Morgan fingerprint density at radius 3 is 3.12 bits per heavy atom. The van der Waals surface area contributed by atoms with Crippen LogP contribution in [0.4, 0.5) is 5.69 Å². The van der Waals surface area contributed by atoms with Crippen LogP contribution in [0.1, 0.15) is 24.8 Å². The van der Waals surface area contributed by atoms with Crippen molar-refractivity contribution in [3.8, 4) is 0 Å². The number of halogens is 1. The normalized spacial score (nSPS) is 20.6. The monoisotopic (exact) mass is 296 g/mol. The van der Waals surface area contributed by atoms with Gasteiger partial charge in [-0.25, -0.2) is 0 Å². The molecule has 0 radical (unpaired) electrons. The number of anilines is 1.